The SMILES string of the molecule is C[C@H]1c2ccc(NC(=O)OCC3c4ccccc4-c4ccccc43)c(O)c2C(=O)C2=C(O)[C@@]3(O)C(=O)C(C(N)=O)=C(O)[C@@H](N)C3[C@@H](O)C21. The van der Waals surface area contributed by atoms with Crippen LogP contribution in [0.25, 0.3) is 11.1 Å². The van der Waals surface area contributed by atoms with E-state index in [-0.39, 0.29) is 29.3 Å². The number of amides is 2. The molecule has 0 saturated heterocycles. The van der Waals surface area contributed by atoms with Gasteiger partial charge in [0.2, 0.25) is 5.78 Å². The number of nitrogens with one attached hydrogen (secondary N) is 1. The van der Waals surface area contributed by atoms with E-state index in [4.69, 9.17) is 16.2 Å². The summed E-state index contributed by atoms with van der Waals surface area (Å²) in [6, 6.07) is 16.7. The lowest BCUT2D eigenvalue weighted by atomic mass is 9.55. The fourth-order valence-electron chi connectivity index (χ4n) is 7.98. The first-order chi connectivity index (χ1) is 22.8. The molecule has 13 nitrogen and oxygen atoms in total. The normalized spacial score (nSPS) is 27.5. The van der Waals surface area contributed by atoms with Gasteiger partial charge in [-0.25, -0.2) is 4.79 Å². The molecule has 6 atom stereocenters. The van der Waals surface area contributed by atoms with E-state index in [1.807, 2.05) is 48.5 Å². The Hall–Kier alpha value is -5.50. The zero-order valence-electron chi connectivity index (χ0n) is 25.4. The van der Waals surface area contributed by atoms with Crippen molar-refractivity contribution in [2.24, 2.45) is 23.3 Å². The molecular weight excluding hydrogens is 622 g/mol. The number of aromatic hydroxyl groups is 1. The summed E-state index contributed by atoms with van der Waals surface area (Å²) in [6.45, 7) is 1.56. The number of aliphatic hydroxyl groups is 4. The lowest BCUT2D eigenvalue weighted by Crippen LogP contribution is -2.68. The van der Waals surface area contributed by atoms with Gasteiger partial charge in [-0.15, -0.1) is 0 Å². The van der Waals surface area contributed by atoms with Gasteiger partial charge in [0, 0.05) is 17.4 Å². The number of primary amides is 1. The molecule has 10 N–H and O–H groups in total. The molecule has 0 fully saturated rings. The smallest absolute Gasteiger partial charge is 0.411 e. The summed E-state index contributed by atoms with van der Waals surface area (Å²) >= 11 is 0. The van der Waals surface area contributed by atoms with Crippen molar-refractivity contribution >= 4 is 29.3 Å². The fraction of sp³-hybridized carbons (Fsp3) is 0.257. The van der Waals surface area contributed by atoms with E-state index in [0.717, 1.165) is 22.3 Å². The van der Waals surface area contributed by atoms with Gasteiger partial charge >= 0.3 is 6.09 Å². The minimum atomic E-state index is -3.10. The lowest BCUT2D eigenvalue weighted by molar-refractivity contribution is -0.156. The van der Waals surface area contributed by atoms with Crippen molar-refractivity contribution in [2.45, 2.75) is 36.5 Å². The molecule has 0 saturated carbocycles. The fourth-order valence-corrected chi connectivity index (χ4v) is 7.98. The van der Waals surface area contributed by atoms with Crippen molar-refractivity contribution < 1.29 is 49.4 Å². The Labute approximate surface area is 272 Å². The standard InChI is InChI=1S/C35H31N3O10/c1-13-14-10-11-20(38-34(46)48-12-19-17-8-4-2-6-15(17)16-7-3-5-9-18(16)19)27(39)22(14)28(40)23-21(13)29(41)25-26(36)30(42)24(33(37)45)32(44)35(25,47)31(23)43/h2-11,13,19,21,25-26,29,39,41-43,47H,12,36H2,1H3,(H2,37,45)(H,38,46)/t13-,21?,25?,26-,29-,35+/m0/s1. The Bertz CT molecular complexity index is 1990. The maximum absolute atomic E-state index is 14.0. The zero-order valence-corrected chi connectivity index (χ0v) is 25.4. The number of Topliss-reactive ketones (excluding diaryl/α,β-unsaturated/α-hetero) is 2. The number of hydrogen-bond acceptors (Lipinski definition) is 11. The molecule has 0 aromatic heterocycles. The third-order valence-electron chi connectivity index (χ3n) is 10.2. The Kier molecular flexibility index (Phi) is 6.98. The molecule has 7 rings (SSSR count). The Morgan fingerprint density at radius 1 is 0.938 bits per heavy atom. The largest absolute Gasteiger partial charge is 0.510 e. The molecule has 0 radical (unpaired) electrons. The van der Waals surface area contributed by atoms with Gasteiger partial charge in [0.25, 0.3) is 5.91 Å². The number of benzene rings is 3. The molecule has 2 amide bonds. The van der Waals surface area contributed by atoms with Gasteiger partial charge in [-0.2, -0.15) is 0 Å². The molecule has 246 valence electrons. The third-order valence-corrected chi connectivity index (χ3v) is 10.2. The van der Waals surface area contributed by atoms with Gasteiger partial charge in [-0.1, -0.05) is 61.5 Å². The second kappa shape index (κ2) is 10.8. The second-order valence-electron chi connectivity index (χ2n) is 12.5. The van der Waals surface area contributed by atoms with Crippen molar-refractivity contribution in [1.29, 1.82) is 0 Å². The molecule has 3 aromatic carbocycles. The summed E-state index contributed by atoms with van der Waals surface area (Å²) in [5, 5.41) is 58.7. The minimum absolute atomic E-state index is 0.0188. The molecule has 2 unspecified atom stereocenters. The highest BCUT2D eigenvalue weighted by Crippen LogP contribution is 2.55. The van der Waals surface area contributed by atoms with Crippen LogP contribution in [-0.4, -0.2) is 73.5 Å². The van der Waals surface area contributed by atoms with Gasteiger partial charge < -0.3 is 41.7 Å². The van der Waals surface area contributed by atoms with Crippen LogP contribution >= 0.6 is 0 Å². The van der Waals surface area contributed by atoms with Crippen LogP contribution in [0.1, 0.15) is 45.8 Å². The molecule has 4 aliphatic carbocycles. The summed E-state index contributed by atoms with van der Waals surface area (Å²) in [5.41, 5.74) is 10.3. The average Bonchev–Trinajstić information content (AvgIpc) is 3.38. The zero-order chi connectivity index (χ0) is 34.4. The number of aliphatic hydroxyl groups excluding tert-OH is 3. The van der Waals surface area contributed by atoms with Crippen LogP contribution in [0.3, 0.4) is 0 Å². The first-order valence-corrected chi connectivity index (χ1v) is 15.2. The molecule has 3 aromatic rings. The van der Waals surface area contributed by atoms with E-state index in [1.165, 1.54) is 12.1 Å². The number of ether oxygens (including phenoxy) is 1. The van der Waals surface area contributed by atoms with E-state index in [2.05, 4.69) is 5.32 Å². The van der Waals surface area contributed by atoms with E-state index in [9.17, 15) is 44.7 Å². The molecule has 0 spiro atoms. The molecule has 0 bridgehead atoms. The highest BCUT2D eigenvalue weighted by Gasteiger charge is 2.66. The van der Waals surface area contributed by atoms with E-state index in [1.54, 1.807) is 6.92 Å². The van der Waals surface area contributed by atoms with Crippen molar-refractivity contribution in [2.75, 3.05) is 11.9 Å². The maximum Gasteiger partial charge on any atom is 0.411 e. The quantitative estimate of drug-likeness (QED) is 0.150. The number of ketones is 2. The van der Waals surface area contributed by atoms with Gasteiger partial charge in [0.15, 0.2) is 17.1 Å². The van der Waals surface area contributed by atoms with E-state index >= 15 is 0 Å². The highest BCUT2D eigenvalue weighted by atomic mass is 16.5. The number of hydrogen-bond donors (Lipinski definition) is 8. The van der Waals surface area contributed by atoms with Crippen LogP contribution in [0.15, 0.2) is 83.3 Å². The Morgan fingerprint density at radius 2 is 1.54 bits per heavy atom. The topological polar surface area (TPSA) is 243 Å². The Morgan fingerprint density at radius 3 is 2.15 bits per heavy atom. The van der Waals surface area contributed by atoms with Crippen LogP contribution in [0.2, 0.25) is 0 Å². The van der Waals surface area contributed by atoms with Gasteiger partial charge in [0.05, 0.1) is 29.3 Å². The first-order valence-electron chi connectivity index (χ1n) is 15.2. The van der Waals surface area contributed by atoms with Crippen LogP contribution < -0.4 is 16.8 Å². The number of phenols is 1. The molecular formula is C35H31N3O10. The summed E-state index contributed by atoms with van der Waals surface area (Å²) < 4.78 is 5.57. The van der Waals surface area contributed by atoms with Crippen molar-refractivity contribution in [3.05, 3.63) is 106 Å². The Balaban J connectivity index is 1.20. The number of anilines is 1. The van der Waals surface area contributed by atoms with Crippen LogP contribution in [0, 0.1) is 11.8 Å². The summed E-state index contributed by atoms with van der Waals surface area (Å²) in [4.78, 5) is 52.3. The number of phenolic OH excluding ortho intramolecular Hbond substituents is 1. The number of fused-ring (bicyclic) bond motifs is 6. The van der Waals surface area contributed by atoms with Gasteiger partial charge in [-0.05, 0) is 39.8 Å². The second-order valence-corrected chi connectivity index (χ2v) is 12.5. The van der Waals surface area contributed by atoms with Gasteiger partial charge in [0.1, 0.15) is 23.7 Å². The van der Waals surface area contributed by atoms with Crippen molar-refractivity contribution in [3.63, 3.8) is 0 Å². The minimum Gasteiger partial charge on any atom is -0.510 e. The highest BCUT2D eigenvalue weighted by molar-refractivity contribution is 6.25. The van der Waals surface area contributed by atoms with Crippen molar-refractivity contribution in [1.82, 2.24) is 0 Å². The van der Waals surface area contributed by atoms with Gasteiger partial charge in [-0.3, -0.25) is 19.7 Å². The maximum atomic E-state index is 14.0. The predicted molar refractivity (Wildman–Crippen MR) is 169 cm³/mol. The predicted octanol–water partition coefficient (Wildman–Crippen LogP) is 2.41. The van der Waals surface area contributed by atoms with E-state index in [0.29, 0.717) is 0 Å². The summed E-state index contributed by atoms with van der Waals surface area (Å²) in [5.74, 6) is -10.9. The third kappa shape index (κ3) is 4.08. The van der Waals surface area contributed by atoms with E-state index < -0.39 is 87.5 Å². The summed E-state index contributed by atoms with van der Waals surface area (Å²) in [7, 11) is 0. The first kappa shape index (κ1) is 31.1. The van der Waals surface area contributed by atoms with Crippen LogP contribution in [0.5, 0.6) is 5.75 Å². The molecule has 0 aliphatic heterocycles. The summed E-state index contributed by atoms with van der Waals surface area (Å²) in [6.07, 6.45) is -2.70. The number of nitrogens with two attached hydrogens (primary N) is 2. The molecule has 4 aliphatic rings. The molecule has 13 heteroatoms. The lowest BCUT2D eigenvalue weighted by Gasteiger charge is -2.51. The molecule has 48 heavy (non-hydrogen) atoms. The average molecular weight is 654 g/mol. The van der Waals surface area contributed by atoms with Crippen LogP contribution in [-0.2, 0) is 14.3 Å². The van der Waals surface area contributed by atoms with Crippen molar-refractivity contribution in [3.8, 4) is 16.9 Å². The number of carbonyl (C=O) groups is 4. The number of carbonyl (C=O) groups excluding carboxylic acids is 4. The molecule has 0 heterocycles. The van der Waals surface area contributed by atoms with Crippen LogP contribution in [0.4, 0.5) is 10.5 Å². The monoisotopic (exact) mass is 653 g/mol. The number of rotatable bonds is 4.